The van der Waals surface area contributed by atoms with E-state index >= 15 is 0 Å². The number of likely N-dealkylation sites (tertiary alicyclic amines) is 1. The number of carbonyl (C=O) groups is 1. The van der Waals surface area contributed by atoms with Crippen LogP contribution in [-0.4, -0.2) is 41.5 Å². The molecule has 2 aromatic rings. The first-order valence-corrected chi connectivity index (χ1v) is 10.3. The maximum atomic E-state index is 13.1. The van der Waals surface area contributed by atoms with Crippen molar-refractivity contribution in [2.45, 2.75) is 25.2 Å². The van der Waals surface area contributed by atoms with Gasteiger partial charge in [0.05, 0.1) is 12.2 Å². The van der Waals surface area contributed by atoms with Gasteiger partial charge < -0.3 is 19.4 Å². The van der Waals surface area contributed by atoms with Crippen LogP contribution >= 0.6 is 0 Å². The van der Waals surface area contributed by atoms with Gasteiger partial charge in [-0.2, -0.15) is 13.2 Å². The Labute approximate surface area is 185 Å². The first-order valence-electron chi connectivity index (χ1n) is 10.3. The monoisotopic (exact) mass is 443 g/mol. The van der Waals surface area contributed by atoms with Gasteiger partial charge in [0.1, 0.15) is 12.4 Å². The fraction of sp³-hybridized carbons (Fsp3) is 0.292. The van der Waals surface area contributed by atoms with Gasteiger partial charge in [-0.3, -0.25) is 4.79 Å². The molecule has 5 nitrogen and oxygen atoms in total. The number of benzene rings is 2. The van der Waals surface area contributed by atoms with Gasteiger partial charge in [0.15, 0.2) is 0 Å². The van der Waals surface area contributed by atoms with Crippen LogP contribution in [-0.2, 0) is 17.6 Å². The fourth-order valence-electron chi connectivity index (χ4n) is 4.00. The van der Waals surface area contributed by atoms with E-state index in [1.54, 1.807) is 23.1 Å². The molecule has 32 heavy (non-hydrogen) atoms. The highest BCUT2D eigenvalue weighted by Gasteiger charge is 2.33. The zero-order valence-corrected chi connectivity index (χ0v) is 17.5. The van der Waals surface area contributed by atoms with Crippen LogP contribution < -0.4 is 9.64 Å². The minimum absolute atomic E-state index is 0.0408. The summed E-state index contributed by atoms with van der Waals surface area (Å²) in [7, 11) is 0. The highest BCUT2D eigenvalue weighted by molar-refractivity contribution is 5.87. The summed E-state index contributed by atoms with van der Waals surface area (Å²) in [6, 6.07) is 12.9. The van der Waals surface area contributed by atoms with E-state index < -0.39 is 11.7 Å². The van der Waals surface area contributed by atoms with E-state index in [0.29, 0.717) is 19.0 Å². The number of ether oxygens (including phenoxy) is 1. The topological polar surface area (TPSA) is 36.0 Å². The first-order chi connectivity index (χ1) is 15.3. The van der Waals surface area contributed by atoms with Crippen LogP contribution in [0.2, 0.25) is 0 Å². The highest BCUT2D eigenvalue weighted by atomic mass is 19.4. The lowest BCUT2D eigenvalue weighted by Gasteiger charge is -2.26. The number of alkyl halides is 3. The van der Waals surface area contributed by atoms with Crippen LogP contribution in [0, 0.1) is 0 Å². The molecule has 4 rings (SSSR count). The smallest absolute Gasteiger partial charge is 0.416 e. The molecule has 2 aliphatic heterocycles. The quantitative estimate of drug-likeness (QED) is 0.611. The molecule has 0 N–H and O–H groups in total. The number of anilines is 1. The van der Waals surface area contributed by atoms with Crippen molar-refractivity contribution < 1.29 is 22.7 Å². The summed E-state index contributed by atoms with van der Waals surface area (Å²) in [6.07, 6.45) is 1.84. The largest absolute Gasteiger partial charge is 0.489 e. The van der Waals surface area contributed by atoms with E-state index in [4.69, 9.17) is 4.74 Å². The highest BCUT2D eigenvalue weighted by Crippen LogP contribution is 2.32. The minimum Gasteiger partial charge on any atom is -0.489 e. The Morgan fingerprint density at radius 2 is 1.88 bits per heavy atom. The van der Waals surface area contributed by atoms with Crippen molar-refractivity contribution in [2.24, 2.45) is 0 Å². The minimum atomic E-state index is -4.41. The Balaban J connectivity index is 1.33. The first kappa shape index (κ1) is 21.8. The van der Waals surface area contributed by atoms with Crippen LogP contribution in [0.15, 0.2) is 73.6 Å². The predicted molar refractivity (Wildman–Crippen MR) is 116 cm³/mol. The molecule has 168 valence electrons. The molecule has 8 heteroatoms. The van der Waals surface area contributed by atoms with E-state index in [2.05, 4.69) is 16.4 Å². The molecule has 0 bridgehead atoms. The summed E-state index contributed by atoms with van der Waals surface area (Å²) in [5.41, 5.74) is 0.366. The second-order valence-corrected chi connectivity index (χ2v) is 7.79. The van der Waals surface area contributed by atoms with Gasteiger partial charge in [-0.15, -0.1) is 0 Å². The molecule has 2 aromatic carbocycles. The molecule has 0 saturated carbocycles. The Morgan fingerprint density at radius 3 is 2.59 bits per heavy atom. The Bertz CT molecular complexity index is 1000. The lowest BCUT2D eigenvalue weighted by molar-refractivity contribution is -0.138. The SMILES string of the molecule is C=CC(=O)N1CC[C@@H](N2C=CN(c3ccc(OCc4ccccc4C(F)(F)F)cc3)C2)C1. The molecule has 1 saturated heterocycles. The normalized spacial score (nSPS) is 18.3. The molecule has 0 unspecified atom stereocenters. The second-order valence-electron chi connectivity index (χ2n) is 7.79. The van der Waals surface area contributed by atoms with Gasteiger partial charge in [-0.25, -0.2) is 0 Å². The summed E-state index contributed by atoms with van der Waals surface area (Å²) in [5.74, 6) is 0.459. The number of halogens is 3. The average Bonchev–Trinajstić information content (AvgIpc) is 3.47. The summed E-state index contributed by atoms with van der Waals surface area (Å²) >= 11 is 0. The van der Waals surface area contributed by atoms with E-state index in [9.17, 15) is 18.0 Å². The predicted octanol–water partition coefficient (Wildman–Crippen LogP) is 4.62. The molecule has 1 atom stereocenters. The van der Waals surface area contributed by atoms with Gasteiger partial charge in [0, 0.05) is 42.8 Å². The third kappa shape index (κ3) is 4.74. The summed E-state index contributed by atoms with van der Waals surface area (Å²) in [6.45, 7) is 5.45. The summed E-state index contributed by atoms with van der Waals surface area (Å²) in [4.78, 5) is 17.9. The molecular formula is C24H24F3N3O2. The molecule has 1 fully saturated rings. The van der Waals surface area contributed by atoms with E-state index in [-0.39, 0.29) is 24.1 Å². The molecule has 0 spiro atoms. The van der Waals surface area contributed by atoms with Crippen molar-refractivity contribution in [1.29, 1.82) is 0 Å². The fourth-order valence-corrected chi connectivity index (χ4v) is 4.00. The third-order valence-corrected chi connectivity index (χ3v) is 5.76. The number of carbonyl (C=O) groups excluding carboxylic acids is 1. The Morgan fingerprint density at radius 1 is 1.12 bits per heavy atom. The number of amides is 1. The molecule has 2 heterocycles. The standard InChI is InChI=1S/C24H24F3N3O2/c1-2-23(31)28-12-11-20(15-28)30-14-13-29(17-30)19-7-9-21(10-8-19)32-16-18-5-3-4-6-22(18)24(25,26)27/h2-10,13-14,20H,1,11-12,15-17H2/t20-/m1/s1. The van der Waals surface area contributed by atoms with Gasteiger partial charge >= 0.3 is 6.18 Å². The van der Waals surface area contributed by atoms with Crippen LogP contribution in [0.1, 0.15) is 17.5 Å². The van der Waals surface area contributed by atoms with Crippen molar-refractivity contribution >= 4 is 11.6 Å². The lowest BCUT2D eigenvalue weighted by Crippen LogP contribution is -2.37. The van der Waals surface area contributed by atoms with E-state index in [1.807, 2.05) is 24.5 Å². The van der Waals surface area contributed by atoms with Gasteiger partial charge in [0.25, 0.3) is 0 Å². The second kappa shape index (κ2) is 8.98. The van der Waals surface area contributed by atoms with Crippen molar-refractivity contribution in [1.82, 2.24) is 9.80 Å². The third-order valence-electron chi connectivity index (χ3n) is 5.76. The Kier molecular flexibility index (Phi) is 6.12. The van der Waals surface area contributed by atoms with Crippen LogP contribution in [0.25, 0.3) is 0 Å². The number of hydrogen-bond donors (Lipinski definition) is 0. The lowest BCUT2D eigenvalue weighted by atomic mass is 10.1. The molecule has 0 radical (unpaired) electrons. The number of nitrogens with zero attached hydrogens (tertiary/aromatic N) is 3. The number of hydrogen-bond acceptors (Lipinski definition) is 4. The average molecular weight is 443 g/mol. The van der Waals surface area contributed by atoms with Gasteiger partial charge in [-0.05, 0) is 42.8 Å². The van der Waals surface area contributed by atoms with Crippen LogP contribution in [0.4, 0.5) is 18.9 Å². The van der Waals surface area contributed by atoms with E-state index in [1.165, 1.54) is 18.2 Å². The molecule has 2 aliphatic rings. The van der Waals surface area contributed by atoms with E-state index in [0.717, 1.165) is 24.7 Å². The van der Waals surface area contributed by atoms with Gasteiger partial charge in [-0.1, -0.05) is 24.8 Å². The van der Waals surface area contributed by atoms with Crippen molar-refractivity contribution in [2.75, 3.05) is 24.7 Å². The van der Waals surface area contributed by atoms with Crippen molar-refractivity contribution in [3.05, 3.63) is 84.7 Å². The van der Waals surface area contributed by atoms with Gasteiger partial charge in [0.2, 0.25) is 5.91 Å². The molecular weight excluding hydrogens is 419 g/mol. The maximum Gasteiger partial charge on any atom is 0.416 e. The summed E-state index contributed by atoms with van der Waals surface area (Å²) in [5, 5.41) is 0. The Hall–Kier alpha value is -3.42. The van der Waals surface area contributed by atoms with Crippen LogP contribution in [0.5, 0.6) is 5.75 Å². The van der Waals surface area contributed by atoms with Crippen LogP contribution in [0.3, 0.4) is 0 Å². The molecule has 0 aromatic heterocycles. The van der Waals surface area contributed by atoms with Crippen molar-refractivity contribution in [3.63, 3.8) is 0 Å². The number of rotatable bonds is 6. The summed E-state index contributed by atoms with van der Waals surface area (Å²) < 4.78 is 45.0. The zero-order chi connectivity index (χ0) is 22.7. The van der Waals surface area contributed by atoms with Crippen molar-refractivity contribution in [3.8, 4) is 5.75 Å². The maximum absolute atomic E-state index is 13.1. The molecule has 1 amide bonds. The zero-order valence-electron chi connectivity index (χ0n) is 17.5. The molecule has 0 aliphatic carbocycles.